The van der Waals surface area contributed by atoms with E-state index in [-0.39, 0.29) is 0 Å². The number of hydrogen-bond acceptors (Lipinski definition) is 4. The summed E-state index contributed by atoms with van der Waals surface area (Å²) in [4.78, 5) is 13.5. The van der Waals surface area contributed by atoms with Crippen LogP contribution in [0.2, 0.25) is 0 Å². The minimum atomic E-state index is -1.19. The molecule has 5 heteroatoms. The molecule has 0 amide bonds. The average molecular weight is 194 g/mol. The van der Waals surface area contributed by atoms with Crippen molar-refractivity contribution in [3.05, 3.63) is 0 Å². The van der Waals surface area contributed by atoms with Crippen molar-refractivity contribution in [2.45, 2.75) is 39.7 Å². The number of ether oxygens (including phenoxy) is 1. The lowest BCUT2D eigenvalue weighted by atomic mass is 10.2. The second kappa shape index (κ2) is 7.82. The molecule has 0 atom stereocenters. The fraction of sp³-hybridized carbons (Fsp3) is 0.875. The monoisotopic (exact) mass is 194 g/mol. The maximum absolute atomic E-state index is 9.54. The third kappa shape index (κ3) is 24.7. The van der Waals surface area contributed by atoms with Crippen LogP contribution in [0, 0.1) is 0 Å². The molecule has 0 fully saturated rings. The number of carboxylic acid groups (broad SMARTS) is 1. The van der Waals surface area contributed by atoms with E-state index in [1.54, 1.807) is 20.8 Å². The van der Waals surface area contributed by atoms with Gasteiger partial charge in [0.15, 0.2) is 0 Å². The highest BCUT2D eigenvalue weighted by atomic mass is 17.1. The number of hydrogen-bond donors (Lipinski definition) is 2. The van der Waals surface area contributed by atoms with Crippen LogP contribution in [-0.4, -0.2) is 28.7 Å². The van der Waals surface area contributed by atoms with Crippen molar-refractivity contribution in [2.24, 2.45) is 0 Å². The normalized spacial score (nSPS) is 9.92. The third-order valence-electron chi connectivity index (χ3n) is 0.704. The van der Waals surface area contributed by atoms with Crippen LogP contribution in [-0.2, 0) is 9.62 Å². The fourth-order valence-electron chi connectivity index (χ4n) is 0.189. The van der Waals surface area contributed by atoms with Gasteiger partial charge in [0.05, 0.1) is 12.2 Å². The van der Waals surface area contributed by atoms with Crippen LogP contribution in [0.1, 0.15) is 34.1 Å². The number of carbonyl (C=O) groups is 1. The highest BCUT2D eigenvalue weighted by molar-refractivity contribution is 5.56. The largest absolute Gasteiger partial charge is 0.505 e. The van der Waals surface area contributed by atoms with Gasteiger partial charge in [-0.05, 0) is 27.2 Å². The van der Waals surface area contributed by atoms with Gasteiger partial charge in [0.25, 0.3) is 0 Å². The molecule has 0 bridgehead atoms. The Balaban J connectivity index is 0. The van der Waals surface area contributed by atoms with Crippen LogP contribution in [0.25, 0.3) is 0 Å². The summed E-state index contributed by atoms with van der Waals surface area (Å²) in [6, 6.07) is 0. The first-order valence-electron chi connectivity index (χ1n) is 4.01. The molecule has 0 aromatic heterocycles. The molecule has 0 radical (unpaired) electrons. The lowest BCUT2D eigenvalue weighted by Gasteiger charge is -2.10. The second-order valence-electron chi connectivity index (χ2n) is 3.32. The zero-order valence-electron chi connectivity index (χ0n) is 8.53. The van der Waals surface area contributed by atoms with Crippen molar-refractivity contribution in [3.8, 4) is 0 Å². The summed E-state index contributed by atoms with van der Waals surface area (Å²) in [6.45, 7) is 7.46. The van der Waals surface area contributed by atoms with Crippen LogP contribution >= 0.6 is 0 Å². The Labute approximate surface area is 78.2 Å². The molecule has 13 heavy (non-hydrogen) atoms. The molecule has 0 saturated carbocycles. The first-order chi connectivity index (χ1) is 5.83. The minimum absolute atomic E-state index is 0.301. The first kappa shape index (κ1) is 14.7. The van der Waals surface area contributed by atoms with E-state index in [1.165, 1.54) is 0 Å². The van der Waals surface area contributed by atoms with Gasteiger partial charge in [0.2, 0.25) is 0 Å². The molecular weight excluding hydrogens is 176 g/mol. The van der Waals surface area contributed by atoms with Gasteiger partial charge in [-0.25, -0.2) is 9.68 Å². The Hall–Kier alpha value is -0.810. The fourth-order valence-corrected chi connectivity index (χ4v) is 0.189. The predicted octanol–water partition coefficient (Wildman–Crippen LogP) is 2.37. The molecule has 80 valence electrons. The van der Waals surface area contributed by atoms with Crippen molar-refractivity contribution in [1.29, 1.82) is 0 Å². The predicted molar refractivity (Wildman–Crippen MR) is 47.7 cm³/mol. The standard InChI is InChI=1S/C4H8O3.C4H10O2/c1-2-3-7-4(5)6;1-4(2,3)6-5/h2-3H2,1H3,(H,5,6);5H,1-3H3. The van der Waals surface area contributed by atoms with E-state index in [4.69, 9.17) is 10.4 Å². The van der Waals surface area contributed by atoms with Gasteiger partial charge < -0.3 is 9.84 Å². The van der Waals surface area contributed by atoms with E-state index < -0.39 is 11.8 Å². The van der Waals surface area contributed by atoms with Crippen LogP contribution in [0.5, 0.6) is 0 Å². The molecule has 0 aliphatic carbocycles. The molecule has 0 aliphatic rings. The smallest absolute Gasteiger partial charge is 0.450 e. The zero-order valence-corrected chi connectivity index (χ0v) is 8.53. The molecule has 0 heterocycles. The zero-order chi connectivity index (χ0) is 10.9. The molecule has 2 N–H and O–H groups in total. The van der Waals surface area contributed by atoms with Crippen LogP contribution < -0.4 is 0 Å². The summed E-state index contributed by atoms with van der Waals surface area (Å²) in [5.74, 6) is 0. The lowest BCUT2D eigenvalue weighted by molar-refractivity contribution is -0.306. The van der Waals surface area contributed by atoms with E-state index in [9.17, 15) is 4.79 Å². The molecule has 5 nitrogen and oxygen atoms in total. The van der Waals surface area contributed by atoms with E-state index in [2.05, 4.69) is 9.62 Å². The highest BCUT2D eigenvalue weighted by Gasteiger charge is 2.06. The van der Waals surface area contributed by atoms with Gasteiger partial charge in [-0.1, -0.05) is 6.92 Å². The summed E-state index contributed by atoms with van der Waals surface area (Å²) in [5.41, 5.74) is -0.403. The summed E-state index contributed by atoms with van der Waals surface area (Å²) in [7, 11) is 0. The second-order valence-corrected chi connectivity index (χ2v) is 3.32. The summed E-state index contributed by atoms with van der Waals surface area (Å²) in [6.07, 6.45) is -0.450. The molecule has 0 aromatic carbocycles. The van der Waals surface area contributed by atoms with Crippen molar-refractivity contribution in [1.82, 2.24) is 0 Å². The van der Waals surface area contributed by atoms with Gasteiger partial charge in [-0.2, -0.15) is 0 Å². The molecular formula is C8H18O5. The molecule has 0 aromatic rings. The minimum Gasteiger partial charge on any atom is -0.450 e. The van der Waals surface area contributed by atoms with Crippen LogP contribution in [0.4, 0.5) is 4.79 Å². The van der Waals surface area contributed by atoms with E-state index in [1.807, 2.05) is 6.92 Å². The Kier molecular flexibility index (Phi) is 8.84. The highest BCUT2D eigenvalue weighted by Crippen LogP contribution is 2.01. The lowest BCUT2D eigenvalue weighted by Crippen LogP contribution is -2.15. The summed E-state index contributed by atoms with van der Waals surface area (Å²) < 4.78 is 4.11. The van der Waals surface area contributed by atoms with Gasteiger partial charge in [0, 0.05) is 0 Å². The van der Waals surface area contributed by atoms with Crippen LogP contribution in [0.15, 0.2) is 0 Å². The molecule has 0 rings (SSSR count). The average Bonchev–Trinajstić information content (AvgIpc) is 2.01. The Bertz CT molecular complexity index is 127. The quantitative estimate of drug-likeness (QED) is 0.401. The number of rotatable bonds is 2. The molecule has 0 saturated heterocycles. The molecule has 0 unspecified atom stereocenters. The Morgan fingerprint density at radius 3 is 1.85 bits per heavy atom. The van der Waals surface area contributed by atoms with E-state index in [0.29, 0.717) is 6.61 Å². The maximum atomic E-state index is 9.54. The Morgan fingerprint density at radius 1 is 1.38 bits per heavy atom. The van der Waals surface area contributed by atoms with Gasteiger partial charge in [-0.3, -0.25) is 5.26 Å². The van der Waals surface area contributed by atoms with E-state index in [0.717, 1.165) is 6.42 Å². The van der Waals surface area contributed by atoms with Gasteiger partial charge in [-0.15, -0.1) is 0 Å². The van der Waals surface area contributed by atoms with Gasteiger partial charge in [0.1, 0.15) is 0 Å². The van der Waals surface area contributed by atoms with E-state index >= 15 is 0 Å². The summed E-state index contributed by atoms with van der Waals surface area (Å²) >= 11 is 0. The first-order valence-corrected chi connectivity index (χ1v) is 4.01. The summed E-state index contributed by atoms with van der Waals surface area (Å²) in [5, 5.41) is 15.7. The maximum Gasteiger partial charge on any atom is 0.505 e. The van der Waals surface area contributed by atoms with Crippen LogP contribution in [0.3, 0.4) is 0 Å². The van der Waals surface area contributed by atoms with Crippen molar-refractivity contribution in [2.75, 3.05) is 6.61 Å². The molecule has 0 aliphatic heterocycles. The Morgan fingerprint density at radius 2 is 1.77 bits per heavy atom. The van der Waals surface area contributed by atoms with Gasteiger partial charge >= 0.3 is 6.16 Å². The third-order valence-corrected chi connectivity index (χ3v) is 0.704. The molecule has 0 spiro atoms. The van der Waals surface area contributed by atoms with Crippen molar-refractivity contribution >= 4 is 6.16 Å². The van der Waals surface area contributed by atoms with Crippen molar-refractivity contribution in [3.63, 3.8) is 0 Å². The van der Waals surface area contributed by atoms with Crippen molar-refractivity contribution < 1.29 is 24.8 Å². The topological polar surface area (TPSA) is 76.0 Å². The SMILES string of the molecule is CC(C)(C)OO.CCCOC(=O)O.